The third kappa shape index (κ3) is 1.96. The number of rotatable bonds is 1. The van der Waals surface area contributed by atoms with E-state index in [4.69, 9.17) is 0 Å². The summed E-state index contributed by atoms with van der Waals surface area (Å²) in [4.78, 5) is 11.1. The van der Waals surface area contributed by atoms with Crippen molar-refractivity contribution in [2.75, 3.05) is 17.2 Å². The average Bonchev–Trinajstić information content (AvgIpc) is 2.22. The van der Waals surface area contributed by atoms with Gasteiger partial charge in [-0.05, 0) is 37.0 Å². The van der Waals surface area contributed by atoms with Crippen molar-refractivity contribution in [3.63, 3.8) is 0 Å². The molecule has 3 heteroatoms. The average molecular weight is 204 g/mol. The smallest absolute Gasteiger partial charge is 0.221 e. The van der Waals surface area contributed by atoms with Crippen molar-refractivity contribution in [3.05, 3.63) is 23.3 Å². The van der Waals surface area contributed by atoms with Crippen LogP contribution in [0.25, 0.3) is 0 Å². The standard InChI is InChI=1S/C12H16N2O/c1-8-5-6-11(14-9(2)15)10-4-3-7-13-12(8)10/h5-6,13H,3-4,7H2,1-2H3,(H,14,15). The fraction of sp³-hybridized carbons (Fsp3) is 0.417. The second-order valence-electron chi connectivity index (χ2n) is 4.00. The van der Waals surface area contributed by atoms with Crippen molar-refractivity contribution in [1.29, 1.82) is 0 Å². The molecule has 80 valence electrons. The molecule has 2 rings (SSSR count). The maximum absolute atomic E-state index is 11.1. The molecule has 1 aliphatic rings. The van der Waals surface area contributed by atoms with Crippen molar-refractivity contribution < 1.29 is 4.79 Å². The molecule has 0 fully saturated rings. The van der Waals surface area contributed by atoms with Crippen LogP contribution in [0.3, 0.4) is 0 Å². The number of amides is 1. The number of hydrogen-bond acceptors (Lipinski definition) is 2. The third-order valence-electron chi connectivity index (χ3n) is 2.74. The van der Waals surface area contributed by atoms with Crippen molar-refractivity contribution in [2.24, 2.45) is 0 Å². The van der Waals surface area contributed by atoms with Gasteiger partial charge in [0, 0.05) is 24.8 Å². The van der Waals surface area contributed by atoms with Crippen LogP contribution < -0.4 is 10.6 Å². The number of carbonyl (C=O) groups is 1. The monoisotopic (exact) mass is 204 g/mol. The van der Waals surface area contributed by atoms with E-state index in [0.717, 1.165) is 25.1 Å². The molecule has 0 unspecified atom stereocenters. The first-order valence-corrected chi connectivity index (χ1v) is 5.32. The minimum Gasteiger partial charge on any atom is -0.385 e. The summed E-state index contributed by atoms with van der Waals surface area (Å²) in [6.45, 7) is 4.66. The predicted octanol–water partition coefficient (Wildman–Crippen LogP) is 2.31. The minimum atomic E-state index is -0.00775. The zero-order chi connectivity index (χ0) is 10.8. The number of benzene rings is 1. The summed E-state index contributed by atoms with van der Waals surface area (Å²) >= 11 is 0. The molecule has 1 aromatic rings. The molecule has 2 N–H and O–H groups in total. The Morgan fingerprint density at radius 2 is 2.27 bits per heavy atom. The molecule has 1 amide bonds. The first-order chi connectivity index (χ1) is 7.18. The second kappa shape index (κ2) is 3.93. The molecule has 0 spiro atoms. The third-order valence-corrected chi connectivity index (χ3v) is 2.74. The highest BCUT2D eigenvalue weighted by Gasteiger charge is 2.15. The SMILES string of the molecule is CC(=O)Nc1ccc(C)c2c1CCCN2. The lowest BCUT2D eigenvalue weighted by atomic mass is 9.98. The molecule has 1 heterocycles. The number of nitrogens with one attached hydrogen (secondary N) is 2. The van der Waals surface area contributed by atoms with E-state index in [1.165, 1.54) is 16.8 Å². The summed E-state index contributed by atoms with van der Waals surface area (Å²) in [7, 11) is 0. The quantitative estimate of drug-likeness (QED) is 0.737. The molecule has 3 nitrogen and oxygen atoms in total. The maximum atomic E-state index is 11.1. The van der Waals surface area contributed by atoms with Gasteiger partial charge in [0.05, 0.1) is 0 Å². The molecular weight excluding hydrogens is 188 g/mol. The number of fused-ring (bicyclic) bond motifs is 1. The van der Waals surface area contributed by atoms with Gasteiger partial charge in [0.2, 0.25) is 5.91 Å². The van der Waals surface area contributed by atoms with Crippen LogP contribution in [-0.2, 0) is 11.2 Å². The lowest BCUT2D eigenvalue weighted by Crippen LogP contribution is -2.16. The van der Waals surface area contributed by atoms with Crippen molar-refractivity contribution in [2.45, 2.75) is 26.7 Å². The highest BCUT2D eigenvalue weighted by Crippen LogP contribution is 2.31. The van der Waals surface area contributed by atoms with Gasteiger partial charge in [-0.2, -0.15) is 0 Å². The van der Waals surface area contributed by atoms with Crippen molar-refractivity contribution in [1.82, 2.24) is 0 Å². The van der Waals surface area contributed by atoms with Crippen LogP contribution in [0, 0.1) is 6.92 Å². The highest BCUT2D eigenvalue weighted by atomic mass is 16.1. The van der Waals surface area contributed by atoms with Gasteiger partial charge < -0.3 is 10.6 Å². The zero-order valence-electron chi connectivity index (χ0n) is 9.18. The van der Waals surface area contributed by atoms with Gasteiger partial charge in [0.15, 0.2) is 0 Å². The topological polar surface area (TPSA) is 41.1 Å². The van der Waals surface area contributed by atoms with Crippen LogP contribution in [0.4, 0.5) is 11.4 Å². The summed E-state index contributed by atoms with van der Waals surface area (Å²) in [5.74, 6) is -0.00775. The van der Waals surface area contributed by atoms with Gasteiger partial charge in [-0.3, -0.25) is 4.79 Å². The van der Waals surface area contributed by atoms with Crippen LogP contribution in [0.1, 0.15) is 24.5 Å². The fourth-order valence-electron chi connectivity index (χ4n) is 2.06. The first kappa shape index (κ1) is 10.0. The summed E-state index contributed by atoms with van der Waals surface area (Å²) in [6, 6.07) is 4.03. The molecule has 1 aromatic carbocycles. The molecular formula is C12H16N2O. The number of anilines is 2. The molecule has 0 atom stereocenters. The Morgan fingerprint density at radius 3 is 3.00 bits per heavy atom. The molecule has 0 aromatic heterocycles. The molecule has 0 bridgehead atoms. The van der Waals surface area contributed by atoms with Crippen LogP contribution >= 0.6 is 0 Å². The Kier molecular flexibility index (Phi) is 2.62. The van der Waals surface area contributed by atoms with E-state index in [9.17, 15) is 4.79 Å². The van der Waals surface area contributed by atoms with Crippen LogP contribution in [0.15, 0.2) is 12.1 Å². The normalized spacial score (nSPS) is 14.0. The highest BCUT2D eigenvalue weighted by molar-refractivity contribution is 5.91. The van der Waals surface area contributed by atoms with Gasteiger partial charge >= 0.3 is 0 Å². The zero-order valence-corrected chi connectivity index (χ0v) is 9.18. The molecule has 0 aliphatic carbocycles. The second-order valence-corrected chi connectivity index (χ2v) is 4.00. The van der Waals surface area contributed by atoms with Crippen molar-refractivity contribution in [3.8, 4) is 0 Å². The Morgan fingerprint density at radius 1 is 1.47 bits per heavy atom. The van der Waals surface area contributed by atoms with E-state index >= 15 is 0 Å². The van der Waals surface area contributed by atoms with E-state index in [1.54, 1.807) is 6.92 Å². The van der Waals surface area contributed by atoms with E-state index < -0.39 is 0 Å². The molecule has 1 aliphatic heterocycles. The first-order valence-electron chi connectivity index (χ1n) is 5.32. The van der Waals surface area contributed by atoms with E-state index in [2.05, 4.69) is 17.6 Å². The van der Waals surface area contributed by atoms with Crippen LogP contribution in [-0.4, -0.2) is 12.5 Å². The van der Waals surface area contributed by atoms with Gasteiger partial charge in [-0.25, -0.2) is 0 Å². The minimum absolute atomic E-state index is 0.00775. The van der Waals surface area contributed by atoms with E-state index in [-0.39, 0.29) is 5.91 Å². The van der Waals surface area contributed by atoms with E-state index in [0.29, 0.717) is 0 Å². The number of carbonyl (C=O) groups excluding carboxylic acids is 1. The summed E-state index contributed by atoms with van der Waals surface area (Å²) in [5, 5.41) is 6.27. The summed E-state index contributed by atoms with van der Waals surface area (Å²) in [6.07, 6.45) is 2.17. The van der Waals surface area contributed by atoms with Crippen LogP contribution in [0.2, 0.25) is 0 Å². The Bertz CT molecular complexity index is 399. The van der Waals surface area contributed by atoms with Gasteiger partial charge in [0.25, 0.3) is 0 Å². The molecule has 0 saturated carbocycles. The lowest BCUT2D eigenvalue weighted by Gasteiger charge is -2.23. The maximum Gasteiger partial charge on any atom is 0.221 e. The van der Waals surface area contributed by atoms with Crippen molar-refractivity contribution >= 4 is 17.3 Å². The van der Waals surface area contributed by atoms with E-state index in [1.807, 2.05) is 12.1 Å². The molecule has 0 saturated heterocycles. The summed E-state index contributed by atoms with van der Waals surface area (Å²) in [5.41, 5.74) is 4.65. The van der Waals surface area contributed by atoms with Gasteiger partial charge in [-0.1, -0.05) is 6.07 Å². The van der Waals surface area contributed by atoms with Crippen LogP contribution in [0.5, 0.6) is 0 Å². The fourth-order valence-corrected chi connectivity index (χ4v) is 2.06. The molecule has 15 heavy (non-hydrogen) atoms. The number of hydrogen-bond donors (Lipinski definition) is 2. The number of aryl methyl sites for hydroxylation is 1. The summed E-state index contributed by atoms with van der Waals surface area (Å²) < 4.78 is 0. The Hall–Kier alpha value is -1.51. The van der Waals surface area contributed by atoms with Gasteiger partial charge in [-0.15, -0.1) is 0 Å². The molecule has 0 radical (unpaired) electrons. The Labute approximate surface area is 89.9 Å². The lowest BCUT2D eigenvalue weighted by molar-refractivity contribution is -0.114. The predicted molar refractivity (Wildman–Crippen MR) is 62.3 cm³/mol. The van der Waals surface area contributed by atoms with Gasteiger partial charge in [0.1, 0.15) is 0 Å². The Balaban J connectivity index is 2.43. The largest absolute Gasteiger partial charge is 0.385 e.